The van der Waals surface area contributed by atoms with Crippen molar-refractivity contribution in [1.82, 2.24) is 20.4 Å². The molecular formula is C23H27F2N5O2. The highest BCUT2D eigenvalue weighted by Gasteiger charge is 2.16. The monoisotopic (exact) mass is 443 g/mol. The zero-order valence-corrected chi connectivity index (χ0v) is 18.1. The summed E-state index contributed by atoms with van der Waals surface area (Å²) in [5, 5.41) is 10.7. The lowest BCUT2D eigenvalue weighted by Gasteiger charge is -2.17. The second-order valence-electron chi connectivity index (χ2n) is 6.81. The molecule has 0 atom stereocenters. The van der Waals surface area contributed by atoms with Gasteiger partial charge in [-0.05, 0) is 30.2 Å². The summed E-state index contributed by atoms with van der Waals surface area (Å²) < 4.78 is 37.9. The Kier molecular flexibility index (Phi) is 8.42. The number of hydrogen-bond acceptors (Lipinski definition) is 4. The summed E-state index contributed by atoms with van der Waals surface area (Å²) in [6, 6.07) is 15.0. The van der Waals surface area contributed by atoms with Crippen LogP contribution in [0.4, 0.5) is 8.78 Å². The number of aromatic nitrogens is 2. The zero-order chi connectivity index (χ0) is 22.8. The first-order chi connectivity index (χ1) is 15.6. The molecule has 0 spiro atoms. The molecule has 1 aromatic heterocycles. The number of rotatable bonds is 10. The Bertz CT molecular complexity index is 1010. The number of hydrogen-bond donors (Lipinski definition) is 2. The molecule has 0 unspecified atom stereocenters. The highest BCUT2D eigenvalue weighted by Crippen LogP contribution is 2.32. The van der Waals surface area contributed by atoms with Crippen LogP contribution in [0.15, 0.2) is 65.9 Å². The van der Waals surface area contributed by atoms with Crippen LogP contribution in [0, 0.1) is 0 Å². The highest BCUT2D eigenvalue weighted by atomic mass is 19.3. The van der Waals surface area contributed by atoms with Gasteiger partial charge in [0.05, 0.1) is 13.2 Å². The summed E-state index contributed by atoms with van der Waals surface area (Å²) in [5.41, 5.74) is 2.78. The zero-order valence-electron chi connectivity index (χ0n) is 18.1. The van der Waals surface area contributed by atoms with Crippen LogP contribution in [0.2, 0.25) is 0 Å². The third-order valence-corrected chi connectivity index (χ3v) is 4.69. The standard InChI is InChI=1S/C23H27F2N5O2/c1-3-31-20-11-6-10-18(21(20)32-22(24)25)15-28-23(26-2)27-14-17-8-4-5-9-19(17)16-30-13-7-12-29-30/h4-13,22H,3,14-16H2,1-2H3,(H2,26,27,28). The molecule has 0 amide bonds. The van der Waals surface area contributed by atoms with Gasteiger partial charge in [-0.15, -0.1) is 0 Å². The van der Waals surface area contributed by atoms with Crippen molar-refractivity contribution >= 4 is 5.96 Å². The minimum Gasteiger partial charge on any atom is -0.490 e. The number of halogens is 2. The Balaban J connectivity index is 1.65. The highest BCUT2D eigenvalue weighted by molar-refractivity contribution is 5.79. The van der Waals surface area contributed by atoms with Crippen molar-refractivity contribution in [2.75, 3.05) is 13.7 Å². The van der Waals surface area contributed by atoms with Crippen molar-refractivity contribution < 1.29 is 18.3 Å². The van der Waals surface area contributed by atoms with E-state index in [2.05, 4.69) is 26.8 Å². The molecule has 7 nitrogen and oxygen atoms in total. The Morgan fingerprint density at radius 2 is 1.75 bits per heavy atom. The molecule has 32 heavy (non-hydrogen) atoms. The molecule has 3 aromatic rings. The first-order valence-corrected chi connectivity index (χ1v) is 10.3. The van der Waals surface area contributed by atoms with E-state index in [0.29, 0.717) is 31.2 Å². The fourth-order valence-electron chi connectivity index (χ4n) is 3.22. The number of ether oxygens (including phenoxy) is 2. The quantitative estimate of drug-likeness (QED) is 0.368. The lowest BCUT2D eigenvalue weighted by atomic mass is 10.1. The molecule has 3 rings (SSSR count). The van der Waals surface area contributed by atoms with E-state index in [0.717, 1.165) is 11.1 Å². The van der Waals surface area contributed by atoms with E-state index >= 15 is 0 Å². The molecule has 0 saturated carbocycles. The van der Waals surface area contributed by atoms with Gasteiger partial charge in [0.2, 0.25) is 0 Å². The fourth-order valence-corrected chi connectivity index (χ4v) is 3.22. The number of aliphatic imine (C=N–C) groups is 1. The predicted molar refractivity (Wildman–Crippen MR) is 119 cm³/mol. The number of alkyl halides is 2. The minimum atomic E-state index is -2.95. The van der Waals surface area contributed by atoms with Crippen LogP contribution in [0.1, 0.15) is 23.6 Å². The Morgan fingerprint density at radius 3 is 2.41 bits per heavy atom. The SMILES string of the molecule is CCOc1cccc(CNC(=NC)NCc2ccccc2Cn2cccn2)c1OC(F)F. The van der Waals surface area contributed by atoms with Crippen molar-refractivity contribution in [3.63, 3.8) is 0 Å². The smallest absolute Gasteiger partial charge is 0.387 e. The van der Waals surface area contributed by atoms with Crippen molar-refractivity contribution in [1.29, 1.82) is 0 Å². The van der Waals surface area contributed by atoms with E-state index < -0.39 is 6.61 Å². The normalized spacial score (nSPS) is 11.5. The second-order valence-corrected chi connectivity index (χ2v) is 6.81. The molecule has 0 bridgehead atoms. The van der Waals surface area contributed by atoms with Crippen LogP contribution in [0.3, 0.4) is 0 Å². The number of nitrogens with zero attached hydrogens (tertiary/aromatic N) is 3. The van der Waals surface area contributed by atoms with E-state index in [1.165, 1.54) is 0 Å². The molecule has 0 aliphatic rings. The van der Waals surface area contributed by atoms with E-state index in [4.69, 9.17) is 9.47 Å². The van der Waals surface area contributed by atoms with Gasteiger partial charge in [-0.1, -0.05) is 36.4 Å². The number of para-hydroxylation sites is 1. The molecule has 0 aliphatic carbocycles. The largest absolute Gasteiger partial charge is 0.490 e. The van der Waals surface area contributed by atoms with Crippen molar-refractivity contribution in [2.45, 2.75) is 33.2 Å². The van der Waals surface area contributed by atoms with Gasteiger partial charge in [-0.25, -0.2) is 0 Å². The Labute approximate surface area is 186 Å². The maximum absolute atomic E-state index is 12.9. The van der Waals surface area contributed by atoms with E-state index in [9.17, 15) is 8.78 Å². The van der Waals surface area contributed by atoms with E-state index in [-0.39, 0.29) is 18.0 Å². The minimum absolute atomic E-state index is 0.0249. The van der Waals surface area contributed by atoms with Gasteiger partial charge in [0, 0.05) is 38.1 Å². The number of benzene rings is 2. The summed E-state index contributed by atoms with van der Waals surface area (Å²) in [6.07, 6.45) is 3.67. The third kappa shape index (κ3) is 6.44. The summed E-state index contributed by atoms with van der Waals surface area (Å²) in [4.78, 5) is 4.23. The van der Waals surface area contributed by atoms with Crippen LogP contribution in [-0.4, -0.2) is 36.0 Å². The fraction of sp³-hybridized carbons (Fsp3) is 0.304. The lowest BCUT2D eigenvalue weighted by molar-refractivity contribution is -0.0520. The first kappa shape index (κ1) is 23.1. The van der Waals surface area contributed by atoms with Crippen molar-refractivity contribution in [3.8, 4) is 11.5 Å². The number of nitrogens with one attached hydrogen (secondary N) is 2. The van der Waals surface area contributed by atoms with Gasteiger partial charge < -0.3 is 20.1 Å². The van der Waals surface area contributed by atoms with Crippen LogP contribution in [0.25, 0.3) is 0 Å². The maximum atomic E-state index is 12.9. The predicted octanol–water partition coefficient (Wildman–Crippen LogP) is 3.80. The lowest BCUT2D eigenvalue weighted by Crippen LogP contribution is -2.36. The Hall–Kier alpha value is -3.62. The summed E-state index contributed by atoms with van der Waals surface area (Å²) in [7, 11) is 1.65. The van der Waals surface area contributed by atoms with Crippen LogP contribution >= 0.6 is 0 Å². The van der Waals surface area contributed by atoms with Crippen LogP contribution < -0.4 is 20.1 Å². The van der Waals surface area contributed by atoms with Gasteiger partial charge in [-0.2, -0.15) is 13.9 Å². The summed E-state index contributed by atoms with van der Waals surface area (Å²) >= 11 is 0. The summed E-state index contributed by atoms with van der Waals surface area (Å²) in [5.74, 6) is 0.836. The average molecular weight is 443 g/mol. The van der Waals surface area contributed by atoms with Gasteiger partial charge in [0.1, 0.15) is 0 Å². The second kappa shape index (κ2) is 11.7. The molecule has 0 aliphatic heterocycles. The first-order valence-electron chi connectivity index (χ1n) is 10.3. The summed E-state index contributed by atoms with van der Waals surface area (Å²) in [6.45, 7) is 0.618. The molecule has 2 N–H and O–H groups in total. The molecule has 0 saturated heterocycles. The van der Waals surface area contributed by atoms with Gasteiger partial charge in [0.25, 0.3) is 0 Å². The Morgan fingerprint density at radius 1 is 1.03 bits per heavy atom. The average Bonchev–Trinajstić information content (AvgIpc) is 3.29. The topological polar surface area (TPSA) is 72.7 Å². The van der Waals surface area contributed by atoms with Crippen LogP contribution in [0.5, 0.6) is 11.5 Å². The van der Waals surface area contributed by atoms with Gasteiger partial charge >= 0.3 is 6.61 Å². The molecule has 170 valence electrons. The molecule has 0 radical (unpaired) electrons. The van der Waals surface area contributed by atoms with Gasteiger partial charge in [0.15, 0.2) is 17.5 Å². The van der Waals surface area contributed by atoms with Crippen molar-refractivity contribution in [2.24, 2.45) is 4.99 Å². The number of guanidine groups is 1. The van der Waals surface area contributed by atoms with E-state index in [1.807, 2.05) is 35.1 Å². The molecule has 2 aromatic carbocycles. The molecule has 1 heterocycles. The van der Waals surface area contributed by atoms with Crippen LogP contribution in [-0.2, 0) is 19.6 Å². The van der Waals surface area contributed by atoms with E-state index in [1.54, 1.807) is 38.4 Å². The maximum Gasteiger partial charge on any atom is 0.387 e. The molecule has 0 fully saturated rings. The molecular weight excluding hydrogens is 416 g/mol. The van der Waals surface area contributed by atoms with Gasteiger partial charge in [-0.3, -0.25) is 9.67 Å². The molecule has 9 heteroatoms. The van der Waals surface area contributed by atoms with Crippen molar-refractivity contribution in [3.05, 3.63) is 77.6 Å². The third-order valence-electron chi connectivity index (χ3n) is 4.69.